The maximum atomic E-state index is 12.1. The molecule has 1 saturated heterocycles. The molecule has 0 amide bonds. The van der Waals surface area contributed by atoms with Crippen LogP contribution in [0.1, 0.15) is 81.8 Å². The lowest BCUT2D eigenvalue weighted by Crippen LogP contribution is -2.41. The van der Waals surface area contributed by atoms with Gasteiger partial charge in [-0.3, -0.25) is 9.59 Å². The first kappa shape index (κ1) is 26.1. The van der Waals surface area contributed by atoms with E-state index in [0.29, 0.717) is 16.8 Å². The largest absolute Gasteiger partial charge is 0.496 e. The first-order chi connectivity index (χ1) is 14.0. The van der Waals surface area contributed by atoms with Gasteiger partial charge in [0, 0.05) is 43.4 Å². The number of rotatable bonds is 4. The molecule has 0 saturated carbocycles. The summed E-state index contributed by atoms with van der Waals surface area (Å²) in [6.07, 6.45) is 2.64. The van der Waals surface area contributed by atoms with E-state index in [-0.39, 0.29) is 5.78 Å². The van der Waals surface area contributed by atoms with Crippen LogP contribution in [0.5, 0.6) is 0 Å². The Morgan fingerprint density at radius 2 is 1.67 bits per heavy atom. The second kappa shape index (κ2) is 10.4. The summed E-state index contributed by atoms with van der Waals surface area (Å²) in [6, 6.07) is 3.69. The van der Waals surface area contributed by atoms with E-state index in [9.17, 15) is 9.59 Å². The zero-order valence-corrected chi connectivity index (χ0v) is 20.1. The van der Waals surface area contributed by atoms with Gasteiger partial charge in [-0.2, -0.15) is 0 Å². The Hall–Kier alpha value is -1.96. The Labute approximate surface area is 181 Å². The standard InChI is InChI=1S/C18H22BNO4.C3H8O.C2H6/c1-11-13(10-21)7-15-8-14(9-20(15)16(11)12(2)22)19-23-17(3,4)18(5,6)24-19;1-3-4-2;1-2/h7-10H,1-6H3;3H2,1-2H3;1-2H3. The monoisotopic (exact) mass is 417 g/mol. The number of nitrogens with zero attached hydrogens (tertiary/aromatic N) is 1. The van der Waals surface area contributed by atoms with Gasteiger partial charge in [0.2, 0.25) is 0 Å². The molecule has 0 atom stereocenters. The van der Waals surface area contributed by atoms with Gasteiger partial charge in [0.15, 0.2) is 5.78 Å². The fourth-order valence-electron chi connectivity index (χ4n) is 3.06. The Morgan fingerprint density at radius 1 is 1.17 bits per heavy atom. The van der Waals surface area contributed by atoms with Crippen molar-refractivity contribution in [3.63, 3.8) is 0 Å². The highest BCUT2D eigenvalue weighted by molar-refractivity contribution is 6.62. The minimum absolute atomic E-state index is 0.0859. The van der Waals surface area contributed by atoms with Crippen molar-refractivity contribution in [1.82, 2.24) is 4.40 Å². The summed E-state index contributed by atoms with van der Waals surface area (Å²) in [5.74, 6) is -0.0859. The van der Waals surface area contributed by atoms with Gasteiger partial charge in [0.05, 0.1) is 16.9 Å². The summed E-state index contributed by atoms with van der Waals surface area (Å²) >= 11 is 0. The topological polar surface area (TPSA) is 66.2 Å². The predicted molar refractivity (Wildman–Crippen MR) is 122 cm³/mol. The molecule has 2 aromatic rings. The van der Waals surface area contributed by atoms with Crippen molar-refractivity contribution in [2.75, 3.05) is 13.7 Å². The highest BCUT2D eigenvalue weighted by Crippen LogP contribution is 2.36. The number of fused-ring (bicyclic) bond motifs is 1. The van der Waals surface area contributed by atoms with Gasteiger partial charge in [-0.25, -0.2) is 0 Å². The zero-order chi connectivity index (χ0) is 23.3. The molecule has 30 heavy (non-hydrogen) atoms. The maximum absolute atomic E-state index is 12.1. The number of aromatic nitrogens is 1. The van der Waals surface area contributed by atoms with Gasteiger partial charge >= 0.3 is 7.12 Å². The van der Waals surface area contributed by atoms with Crippen molar-refractivity contribution in [3.8, 4) is 0 Å². The van der Waals surface area contributed by atoms with E-state index in [1.54, 1.807) is 20.1 Å². The molecule has 0 N–H and O–H groups in total. The molecule has 1 fully saturated rings. The molecule has 0 bridgehead atoms. The first-order valence-corrected chi connectivity index (χ1v) is 10.4. The molecule has 7 heteroatoms. The maximum Gasteiger partial charge on any atom is 0.496 e. The molecule has 0 spiro atoms. The number of carbonyl (C=O) groups is 2. The smallest absolute Gasteiger partial charge is 0.399 e. The average molecular weight is 417 g/mol. The van der Waals surface area contributed by atoms with E-state index in [2.05, 4.69) is 4.74 Å². The van der Waals surface area contributed by atoms with Gasteiger partial charge in [-0.05, 0) is 59.2 Å². The van der Waals surface area contributed by atoms with Crippen molar-refractivity contribution in [1.29, 1.82) is 0 Å². The van der Waals surface area contributed by atoms with Crippen molar-refractivity contribution in [3.05, 3.63) is 35.2 Å². The van der Waals surface area contributed by atoms with Gasteiger partial charge < -0.3 is 18.4 Å². The SMILES string of the molecule is CC.CC(=O)c1c(C)c(C=O)cc2cc(B3OC(C)(C)C(C)(C)O3)cn12.CCOC. The van der Waals surface area contributed by atoms with E-state index in [1.165, 1.54) is 6.92 Å². The van der Waals surface area contributed by atoms with Crippen molar-refractivity contribution >= 4 is 30.2 Å². The molecule has 1 aliphatic rings. The molecule has 1 aliphatic heterocycles. The summed E-state index contributed by atoms with van der Waals surface area (Å²) in [5.41, 5.74) is 2.46. The summed E-state index contributed by atoms with van der Waals surface area (Å²) in [7, 11) is 1.18. The van der Waals surface area contributed by atoms with Crippen molar-refractivity contribution in [2.45, 2.75) is 73.5 Å². The van der Waals surface area contributed by atoms with Gasteiger partial charge in [0.25, 0.3) is 0 Å². The summed E-state index contributed by atoms with van der Waals surface area (Å²) < 4.78 is 18.5. The summed E-state index contributed by atoms with van der Waals surface area (Å²) in [6.45, 7) is 18.1. The predicted octanol–water partition coefficient (Wildman–Crippen LogP) is 4.24. The van der Waals surface area contributed by atoms with E-state index in [4.69, 9.17) is 9.31 Å². The second-order valence-electron chi connectivity index (χ2n) is 7.98. The molecule has 0 aliphatic carbocycles. The number of hydrogen-bond acceptors (Lipinski definition) is 5. The van der Waals surface area contributed by atoms with Crippen molar-refractivity contribution < 1.29 is 23.6 Å². The van der Waals surface area contributed by atoms with Crippen LogP contribution >= 0.6 is 0 Å². The number of pyridine rings is 1. The van der Waals surface area contributed by atoms with E-state index < -0.39 is 18.3 Å². The molecule has 0 radical (unpaired) electrons. The quantitative estimate of drug-likeness (QED) is 0.423. The average Bonchev–Trinajstić information content (AvgIpc) is 3.20. The lowest BCUT2D eigenvalue weighted by Gasteiger charge is -2.32. The van der Waals surface area contributed by atoms with Gasteiger partial charge in [-0.1, -0.05) is 13.8 Å². The number of Topliss-reactive ketones (excluding diaryl/α,β-unsaturated/α-hetero) is 1. The van der Waals surface area contributed by atoms with Crippen LogP contribution in [0.2, 0.25) is 0 Å². The molecular formula is C23H36BNO5. The minimum atomic E-state index is -0.505. The Kier molecular flexibility index (Phi) is 9.02. The Balaban J connectivity index is 0.000000673. The van der Waals surface area contributed by atoms with Crippen LogP contribution in [0.25, 0.3) is 5.52 Å². The fourth-order valence-corrected chi connectivity index (χ4v) is 3.06. The third kappa shape index (κ3) is 5.20. The minimum Gasteiger partial charge on any atom is -0.399 e. The Bertz CT molecular complexity index is 867. The number of carbonyl (C=O) groups excluding carboxylic acids is 2. The molecule has 166 valence electrons. The molecule has 2 aromatic heterocycles. The third-order valence-electron chi connectivity index (χ3n) is 5.48. The third-order valence-corrected chi connectivity index (χ3v) is 5.48. The first-order valence-electron chi connectivity index (χ1n) is 10.4. The normalized spacial score (nSPS) is 16.4. The van der Waals surface area contributed by atoms with E-state index >= 15 is 0 Å². The summed E-state index contributed by atoms with van der Waals surface area (Å²) in [5, 5.41) is 0. The van der Waals surface area contributed by atoms with Gasteiger partial charge in [-0.15, -0.1) is 0 Å². The highest BCUT2D eigenvalue weighted by Gasteiger charge is 2.52. The molecule has 3 heterocycles. The lowest BCUT2D eigenvalue weighted by atomic mass is 9.81. The van der Waals surface area contributed by atoms with Crippen LogP contribution in [0, 0.1) is 6.92 Å². The molecule has 0 aromatic carbocycles. The molecule has 6 nitrogen and oxygen atoms in total. The number of ether oxygens (including phenoxy) is 1. The fraction of sp³-hybridized carbons (Fsp3) is 0.565. The molecular weight excluding hydrogens is 381 g/mol. The zero-order valence-electron chi connectivity index (χ0n) is 20.1. The summed E-state index contributed by atoms with van der Waals surface area (Å²) in [4.78, 5) is 23.4. The van der Waals surface area contributed by atoms with Crippen LogP contribution in [0.3, 0.4) is 0 Å². The number of hydrogen-bond donors (Lipinski definition) is 0. The van der Waals surface area contributed by atoms with E-state index in [0.717, 1.165) is 23.9 Å². The number of ketones is 1. The van der Waals surface area contributed by atoms with E-state index in [1.807, 2.05) is 65.1 Å². The number of methoxy groups -OCH3 is 1. The highest BCUT2D eigenvalue weighted by atomic mass is 16.7. The number of aldehydes is 1. The van der Waals surface area contributed by atoms with Crippen molar-refractivity contribution in [2.24, 2.45) is 0 Å². The van der Waals surface area contributed by atoms with Gasteiger partial charge in [0.1, 0.15) is 6.29 Å². The van der Waals surface area contributed by atoms with Crippen LogP contribution < -0.4 is 5.46 Å². The molecule has 3 rings (SSSR count). The van der Waals surface area contributed by atoms with Crippen LogP contribution in [0.4, 0.5) is 0 Å². The Morgan fingerprint density at radius 3 is 2.07 bits per heavy atom. The van der Waals surface area contributed by atoms with Crippen LogP contribution in [-0.4, -0.2) is 48.5 Å². The van der Waals surface area contributed by atoms with Crippen LogP contribution in [0.15, 0.2) is 18.3 Å². The second-order valence-corrected chi connectivity index (χ2v) is 7.98. The molecule has 0 unspecified atom stereocenters. The van der Waals surface area contributed by atoms with Crippen LogP contribution in [-0.2, 0) is 14.0 Å². The lowest BCUT2D eigenvalue weighted by molar-refractivity contribution is 0.00578.